The number of hydrogen-bond acceptors (Lipinski definition) is 13. The third-order valence-corrected chi connectivity index (χ3v) is 22.3. The summed E-state index contributed by atoms with van der Waals surface area (Å²) in [6, 6.07) is 0. The number of ether oxygens (including phenoxy) is 5. The fourth-order valence-corrected chi connectivity index (χ4v) is 15.4. The van der Waals surface area contributed by atoms with E-state index < -0.39 is 52.3 Å². The Morgan fingerprint density at radius 3 is 1.34 bits per heavy atom. The van der Waals surface area contributed by atoms with Crippen molar-refractivity contribution in [3.05, 3.63) is 33.7 Å². The molecule has 0 spiro atoms. The molecule has 18 nitrogen and oxygen atoms in total. The van der Waals surface area contributed by atoms with Gasteiger partial charge in [-0.2, -0.15) is 0 Å². The molecule has 0 radical (unpaired) electrons. The fourth-order valence-electron chi connectivity index (χ4n) is 15.4. The molecule has 18 heteroatoms. The van der Waals surface area contributed by atoms with Crippen LogP contribution in [0.15, 0.2) is 21.8 Å². The lowest BCUT2D eigenvalue weighted by Gasteiger charge is -2.51. The summed E-state index contributed by atoms with van der Waals surface area (Å²) in [6.45, 7) is 49.9. The van der Waals surface area contributed by atoms with Crippen LogP contribution in [0.1, 0.15) is 296 Å². The van der Waals surface area contributed by atoms with E-state index in [0.29, 0.717) is 99.9 Å². The predicted molar refractivity (Wildman–Crippen MR) is 381 cm³/mol. The van der Waals surface area contributed by atoms with Crippen molar-refractivity contribution in [3.8, 4) is 0 Å². The molecule has 3 aliphatic rings. The molecule has 0 saturated heterocycles. The minimum atomic E-state index is -1.01. The summed E-state index contributed by atoms with van der Waals surface area (Å²) >= 11 is 0. The van der Waals surface area contributed by atoms with Crippen molar-refractivity contribution in [1.29, 1.82) is 0 Å². The van der Waals surface area contributed by atoms with Crippen molar-refractivity contribution in [2.24, 2.45) is 84.3 Å². The SMILES string of the molecule is CCC(C)(C)C(=O)OCCCC(CC)(CC)C(=O)NC1=NC(=Cc2[nH]c(NC(=O)C(CC)(CC)CC)c(C(=O)OC3C(C(C)(C)C)CC(CCCOCC(=O)O)CC3C(C)(C)C)c2C(C)C)C(C(C)C)=C1C(=O)OC1C(C(C)(C)C)CC(CCCOCC(=O)O)CC1C(C)(C)C. The van der Waals surface area contributed by atoms with Crippen LogP contribution < -0.4 is 10.6 Å². The Bertz CT molecular complexity index is 2850. The maximum absolute atomic E-state index is 16.0. The van der Waals surface area contributed by atoms with Crippen molar-refractivity contribution in [2.45, 2.75) is 287 Å². The zero-order chi connectivity index (χ0) is 72.9. The number of rotatable bonds is 33. The molecule has 2 aliphatic carbocycles. The first kappa shape index (κ1) is 83.1. The zero-order valence-electron chi connectivity index (χ0n) is 63.9. The molecule has 96 heavy (non-hydrogen) atoms. The average Bonchev–Trinajstić information content (AvgIpc) is 1.63. The quantitative estimate of drug-likeness (QED) is 0.0249. The van der Waals surface area contributed by atoms with Gasteiger partial charge in [0.15, 0.2) is 0 Å². The molecule has 2 saturated carbocycles. The number of carboxylic acids is 2. The number of esters is 3. The van der Waals surface area contributed by atoms with Crippen LogP contribution in [0.2, 0.25) is 0 Å². The Labute approximate surface area is 578 Å². The molecule has 1 aromatic heterocycles. The van der Waals surface area contributed by atoms with E-state index in [1.165, 1.54) is 0 Å². The van der Waals surface area contributed by atoms with E-state index in [1.54, 1.807) is 0 Å². The third-order valence-electron chi connectivity index (χ3n) is 22.3. The Morgan fingerprint density at radius 2 is 0.969 bits per heavy atom. The van der Waals surface area contributed by atoms with E-state index in [4.69, 9.17) is 28.7 Å². The number of anilines is 1. The number of hydrogen-bond donors (Lipinski definition) is 5. The number of aliphatic imine (C=N–C) groups is 1. The van der Waals surface area contributed by atoms with Gasteiger partial charge in [-0.1, -0.05) is 152 Å². The van der Waals surface area contributed by atoms with E-state index in [9.17, 15) is 29.4 Å². The monoisotopic (exact) mass is 1350 g/mol. The molecule has 4 rings (SSSR count). The molecule has 1 aliphatic heterocycles. The summed E-state index contributed by atoms with van der Waals surface area (Å²) < 4.78 is 30.9. The summed E-state index contributed by atoms with van der Waals surface area (Å²) in [5.74, 6) is -4.37. The number of aliphatic carboxylic acids is 2. The third kappa shape index (κ3) is 21.3. The van der Waals surface area contributed by atoms with Crippen molar-refractivity contribution in [1.82, 2.24) is 10.3 Å². The minimum absolute atomic E-state index is 0.0475. The highest BCUT2D eigenvalue weighted by molar-refractivity contribution is 6.26. The van der Waals surface area contributed by atoms with Gasteiger partial charge in [-0.25, -0.2) is 24.2 Å². The maximum atomic E-state index is 16.0. The van der Waals surface area contributed by atoms with Gasteiger partial charge in [0.2, 0.25) is 11.8 Å². The highest BCUT2D eigenvalue weighted by Crippen LogP contribution is 2.54. The molecule has 2 heterocycles. The summed E-state index contributed by atoms with van der Waals surface area (Å²) in [4.78, 5) is 107. The molecule has 0 bridgehead atoms. The van der Waals surface area contributed by atoms with Gasteiger partial charge in [0.05, 0.1) is 17.7 Å². The van der Waals surface area contributed by atoms with Crippen LogP contribution in [-0.4, -0.2) is 108 Å². The molecule has 4 atom stereocenters. The summed E-state index contributed by atoms with van der Waals surface area (Å²) in [5, 5.41) is 24.9. The van der Waals surface area contributed by atoms with Gasteiger partial charge in [0.25, 0.3) is 0 Å². The standard InChI is InChI=1S/C78H130N4O14/c1-25-76(23,24)71(91)94-39-33-36-78(29-5,30-6)70(90)82-66-62(68(88)96-64-53(74(17,18)19)42-50(43-54(64)75(20,21)22)35-32-38-93-46-58(85)86)60(48(9)10)56(80-66)44-55-59(47(7)8)61(65(79-55)81-69(89)77(26-2,27-3)28-4)67(87)95-63-51(72(11,12)13)40-49(41-52(63)73(14,15)16)34-31-37-92-45-57(83)84/h44,47-54,63-64,79H,25-43,45-46H2,1-24H3,(H,81,89)(H,83,84)(H,85,86)(H,80,82,90). The van der Waals surface area contributed by atoms with Crippen molar-refractivity contribution in [2.75, 3.05) is 38.4 Å². The lowest BCUT2D eigenvalue weighted by atomic mass is 9.58. The zero-order valence-corrected chi connectivity index (χ0v) is 63.9. The number of amidine groups is 1. The Morgan fingerprint density at radius 1 is 0.552 bits per heavy atom. The number of nitrogens with one attached hydrogen (secondary N) is 3. The van der Waals surface area contributed by atoms with Gasteiger partial charge in [-0.05, 0) is 179 Å². The molecular formula is C78H130N4O14. The second-order valence-electron chi connectivity index (χ2n) is 34.0. The van der Waals surface area contributed by atoms with Crippen LogP contribution in [0.5, 0.6) is 0 Å². The normalized spacial score (nSPS) is 22.1. The Kier molecular flexibility index (Phi) is 30.0. The summed E-state index contributed by atoms with van der Waals surface area (Å²) in [7, 11) is 0. The van der Waals surface area contributed by atoms with Crippen LogP contribution in [0.25, 0.3) is 6.08 Å². The number of carboxylic acid groups (broad SMARTS) is 2. The number of carbonyl (C=O) groups excluding carboxylic acids is 5. The molecule has 4 unspecified atom stereocenters. The van der Waals surface area contributed by atoms with Gasteiger partial charge < -0.3 is 49.5 Å². The number of nitrogens with zero attached hydrogens (tertiary/aromatic N) is 1. The number of aromatic amines is 1. The number of allylic oxidation sites excluding steroid dienone is 1. The van der Waals surface area contributed by atoms with Crippen molar-refractivity contribution >= 4 is 59.4 Å². The first-order valence-corrected chi connectivity index (χ1v) is 36.6. The lowest BCUT2D eigenvalue weighted by molar-refractivity contribution is -0.165. The highest BCUT2D eigenvalue weighted by atomic mass is 16.6. The van der Waals surface area contributed by atoms with Crippen molar-refractivity contribution in [3.63, 3.8) is 0 Å². The van der Waals surface area contributed by atoms with Gasteiger partial charge >= 0.3 is 29.8 Å². The smallest absolute Gasteiger partial charge is 0.342 e. The van der Waals surface area contributed by atoms with E-state index in [0.717, 1.165) is 38.5 Å². The molecule has 1 aromatic rings. The van der Waals surface area contributed by atoms with E-state index in [-0.39, 0.29) is 129 Å². The fraction of sp³-hybridized carbons (Fsp3) is 0.795. The second kappa shape index (κ2) is 34.6. The van der Waals surface area contributed by atoms with Gasteiger partial charge in [-0.15, -0.1) is 0 Å². The molecule has 2 amide bonds. The van der Waals surface area contributed by atoms with Crippen LogP contribution in [0.4, 0.5) is 5.82 Å². The molecule has 546 valence electrons. The van der Waals surface area contributed by atoms with Crippen LogP contribution in [0.3, 0.4) is 0 Å². The number of aromatic nitrogens is 1. The summed E-state index contributed by atoms with van der Waals surface area (Å²) in [6.07, 6.45) is 10.9. The highest BCUT2D eigenvalue weighted by Gasteiger charge is 2.52. The van der Waals surface area contributed by atoms with E-state index in [1.807, 2.05) is 89.2 Å². The van der Waals surface area contributed by atoms with Gasteiger partial charge in [0, 0.05) is 53.4 Å². The Balaban J connectivity index is 2.05. The second-order valence-corrected chi connectivity index (χ2v) is 34.0. The number of carbonyl (C=O) groups is 7. The van der Waals surface area contributed by atoms with E-state index >= 15 is 14.4 Å². The van der Waals surface area contributed by atoms with E-state index in [2.05, 4.69) is 98.7 Å². The molecule has 2 fully saturated rings. The number of H-pyrrole nitrogens is 1. The Hall–Kier alpha value is -5.36. The first-order valence-electron chi connectivity index (χ1n) is 36.6. The van der Waals surface area contributed by atoms with Crippen LogP contribution in [0, 0.1) is 79.3 Å². The van der Waals surface area contributed by atoms with Gasteiger partial charge in [-0.3, -0.25) is 14.4 Å². The average molecular weight is 1350 g/mol. The maximum Gasteiger partial charge on any atom is 0.342 e. The van der Waals surface area contributed by atoms with Crippen molar-refractivity contribution < 1.29 is 67.5 Å². The number of amides is 2. The minimum Gasteiger partial charge on any atom is -0.480 e. The molecular weight excluding hydrogens is 1220 g/mol. The first-order chi connectivity index (χ1) is 44.4. The summed E-state index contributed by atoms with van der Waals surface area (Å²) in [5.41, 5.74) is -1.32. The largest absolute Gasteiger partial charge is 0.480 e. The van der Waals surface area contributed by atoms with Crippen LogP contribution in [-0.2, 0) is 52.5 Å². The lowest BCUT2D eigenvalue weighted by Crippen LogP contribution is -2.50. The molecule has 5 N–H and O–H groups in total. The van der Waals surface area contributed by atoms with Gasteiger partial charge in [0.1, 0.15) is 48.2 Å². The van der Waals surface area contributed by atoms with Crippen LogP contribution >= 0.6 is 0 Å². The molecule has 0 aromatic carbocycles. The predicted octanol–water partition coefficient (Wildman–Crippen LogP) is 17.3. The topological polar surface area (TPSA) is 258 Å².